The van der Waals surface area contributed by atoms with Crippen LogP contribution in [0.25, 0.3) is 11.1 Å². The van der Waals surface area contributed by atoms with Crippen molar-refractivity contribution in [2.75, 3.05) is 14.2 Å². The predicted molar refractivity (Wildman–Crippen MR) is 142 cm³/mol. The largest absolute Gasteiger partial charge is 0.494 e. The van der Waals surface area contributed by atoms with Crippen molar-refractivity contribution in [1.82, 2.24) is 0 Å². The number of aliphatic imine (C=N–C) groups is 2. The van der Waals surface area contributed by atoms with Crippen LogP contribution in [0.5, 0.6) is 11.5 Å². The lowest BCUT2D eigenvalue weighted by molar-refractivity contribution is 0.415. The van der Waals surface area contributed by atoms with Gasteiger partial charge in [0.2, 0.25) is 0 Å². The minimum absolute atomic E-state index is 0.607. The molecule has 0 aliphatic heterocycles. The van der Waals surface area contributed by atoms with Crippen molar-refractivity contribution in [3.63, 3.8) is 0 Å². The van der Waals surface area contributed by atoms with Gasteiger partial charge < -0.3 is 9.47 Å². The first-order valence-corrected chi connectivity index (χ1v) is 11.1. The zero-order valence-electron chi connectivity index (χ0n) is 19.8. The zero-order chi connectivity index (χ0) is 25.3. The summed E-state index contributed by atoms with van der Waals surface area (Å²) in [5.41, 5.74) is 6.28. The van der Waals surface area contributed by atoms with Crippen LogP contribution < -0.4 is 9.47 Å². The lowest BCUT2D eigenvalue weighted by Gasteiger charge is -2.11. The van der Waals surface area contributed by atoms with E-state index in [2.05, 4.69) is 22.1 Å². The molecule has 0 aliphatic carbocycles. The lowest BCUT2D eigenvalue weighted by atomic mass is 10.0. The molecule has 0 amide bonds. The Bertz CT molecular complexity index is 1390. The molecule has 4 aromatic rings. The summed E-state index contributed by atoms with van der Waals surface area (Å²) in [6.07, 6.45) is 3.48. The van der Waals surface area contributed by atoms with Crippen molar-refractivity contribution in [3.8, 4) is 34.8 Å². The summed E-state index contributed by atoms with van der Waals surface area (Å²) in [5, 5.41) is 17.9. The normalized spacial score (nSPS) is 10.8. The molecule has 36 heavy (non-hydrogen) atoms. The fourth-order valence-electron chi connectivity index (χ4n) is 3.50. The van der Waals surface area contributed by atoms with Gasteiger partial charge in [-0.15, -0.1) is 0 Å². The van der Waals surface area contributed by atoms with Gasteiger partial charge in [0.15, 0.2) is 0 Å². The van der Waals surface area contributed by atoms with Crippen LogP contribution in [-0.2, 0) is 0 Å². The lowest BCUT2D eigenvalue weighted by Crippen LogP contribution is -1.89. The maximum absolute atomic E-state index is 8.94. The van der Waals surface area contributed by atoms with Crippen LogP contribution in [-0.4, -0.2) is 26.6 Å². The highest BCUT2D eigenvalue weighted by molar-refractivity contribution is 5.85. The van der Waals surface area contributed by atoms with E-state index in [1.54, 1.807) is 50.9 Å². The number of rotatable bonds is 7. The van der Waals surface area contributed by atoms with Gasteiger partial charge >= 0.3 is 0 Å². The minimum atomic E-state index is 0.607. The molecular weight excluding hydrogens is 448 g/mol. The number of ether oxygens (including phenoxy) is 2. The SMILES string of the molecule is COc1cc(-c2ccc(N=Cc3ccc(C#N)cc3)c(OC)c2)ccc1N=Cc1ccc(C#N)cc1. The Morgan fingerprint density at radius 2 is 0.972 bits per heavy atom. The third-order valence-electron chi connectivity index (χ3n) is 5.48. The van der Waals surface area contributed by atoms with E-state index in [9.17, 15) is 0 Å². The van der Waals surface area contributed by atoms with Gasteiger partial charge in [0.05, 0.1) is 37.5 Å². The van der Waals surface area contributed by atoms with E-state index in [0.29, 0.717) is 34.0 Å². The molecule has 6 nitrogen and oxygen atoms in total. The molecule has 0 aliphatic rings. The molecule has 0 radical (unpaired) electrons. The Balaban J connectivity index is 1.56. The molecular formula is C30H22N4O2. The second-order valence-corrected chi connectivity index (χ2v) is 7.76. The Labute approximate surface area is 210 Å². The second kappa shape index (κ2) is 11.3. The standard InChI is InChI=1S/C30H22N4O2/c1-35-29-15-25(11-13-27(29)33-19-23-7-3-21(17-31)4-8-23)26-12-14-28(30(16-26)36-2)34-20-24-9-5-22(18-32)6-10-24/h3-16,19-20H,1-2H3. The topological polar surface area (TPSA) is 90.8 Å². The maximum Gasteiger partial charge on any atom is 0.145 e. The first-order valence-electron chi connectivity index (χ1n) is 11.1. The summed E-state index contributed by atoms with van der Waals surface area (Å²) in [4.78, 5) is 9.11. The van der Waals surface area contributed by atoms with Crippen molar-refractivity contribution in [2.45, 2.75) is 0 Å². The number of hydrogen-bond donors (Lipinski definition) is 0. The first-order chi connectivity index (χ1) is 17.6. The first kappa shape index (κ1) is 23.9. The quantitative estimate of drug-likeness (QED) is 0.284. The summed E-state index contributed by atoms with van der Waals surface area (Å²) in [5.74, 6) is 1.28. The molecule has 0 saturated carbocycles. The summed E-state index contributed by atoms with van der Waals surface area (Å²) in [6.45, 7) is 0. The van der Waals surface area contributed by atoms with Gasteiger partial charge in [0.1, 0.15) is 22.9 Å². The smallest absolute Gasteiger partial charge is 0.145 e. The summed E-state index contributed by atoms with van der Waals surface area (Å²) < 4.78 is 11.2. The van der Waals surface area contributed by atoms with Crippen molar-refractivity contribution in [3.05, 3.63) is 107 Å². The van der Waals surface area contributed by atoms with Crippen LogP contribution in [0.2, 0.25) is 0 Å². The Morgan fingerprint density at radius 1 is 0.583 bits per heavy atom. The van der Waals surface area contributed by atoms with Gasteiger partial charge in [0.25, 0.3) is 0 Å². The summed E-state index contributed by atoms with van der Waals surface area (Å²) in [7, 11) is 3.22. The molecule has 0 aromatic heterocycles. The zero-order valence-corrected chi connectivity index (χ0v) is 19.8. The van der Waals surface area contributed by atoms with Gasteiger partial charge in [-0.05, 0) is 70.8 Å². The molecule has 0 unspecified atom stereocenters. The maximum atomic E-state index is 8.94. The van der Waals surface area contributed by atoms with Crippen LogP contribution in [0.1, 0.15) is 22.3 Å². The highest BCUT2D eigenvalue weighted by atomic mass is 16.5. The number of hydrogen-bond acceptors (Lipinski definition) is 6. The van der Waals surface area contributed by atoms with E-state index >= 15 is 0 Å². The number of methoxy groups -OCH3 is 2. The fraction of sp³-hybridized carbons (Fsp3) is 0.0667. The van der Waals surface area contributed by atoms with Crippen LogP contribution in [0.3, 0.4) is 0 Å². The van der Waals surface area contributed by atoms with Gasteiger partial charge in [-0.2, -0.15) is 10.5 Å². The second-order valence-electron chi connectivity index (χ2n) is 7.76. The predicted octanol–water partition coefficient (Wildman–Crippen LogP) is 6.62. The Morgan fingerprint density at radius 3 is 1.31 bits per heavy atom. The van der Waals surface area contributed by atoms with E-state index in [4.69, 9.17) is 20.0 Å². The van der Waals surface area contributed by atoms with E-state index in [-0.39, 0.29) is 0 Å². The number of nitriles is 2. The molecule has 4 aromatic carbocycles. The highest BCUT2D eigenvalue weighted by Crippen LogP contribution is 2.36. The molecule has 6 heteroatoms. The van der Waals surface area contributed by atoms with Gasteiger partial charge in [0, 0.05) is 12.4 Å². The van der Waals surface area contributed by atoms with Gasteiger partial charge in [-0.1, -0.05) is 36.4 Å². The van der Waals surface area contributed by atoms with E-state index in [0.717, 1.165) is 22.3 Å². The molecule has 4 rings (SSSR count). The molecule has 0 N–H and O–H groups in total. The number of nitrogens with zero attached hydrogens (tertiary/aromatic N) is 4. The Kier molecular flexibility index (Phi) is 7.51. The van der Waals surface area contributed by atoms with Crippen molar-refractivity contribution in [1.29, 1.82) is 10.5 Å². The third kappa shape index (κ3) is 5.64. The van der Waals surface area contributed by atoms with Crippen LogP contribution in [0.4, 0.5) is 11.4 Å². The van der Waals surface area contributed by atoms with Crippen LogP contribution >= 0.6 is 0 Å². The molecule has 0 heterocycles. The van der Waals surface area contributed by atoms with Gasteiger partial charge in [-0.25, -0.2) is 0 Å². The molecule has 0 bridgehead atoms. The van der Waals surface area contributed by atoms with Crippen molar-refractivity contribution < 1.29 is 9.47 Å². The molecule has 0 spiro atoms. The summed E-state index contributed by atoms with van der Waals surface area (Å²) >= 11 is 0. The van der Waals surface area contributed by atoms with Gasteiger partial charge in [-0.3, -0.25) is 9.98 Å². The average molecular weight is 471 g/mol. The number of benzene rings is 4. The average Bonchev–Trinajstić information content (AvgIpc) is 2.95. The minimum Gasteiger partial charge on any atom is -0.494 e. The molecule has 174 valence electrons. The van der Waals surface area contributed by atoms with Crippen molar-refractivity contribution in [2.24, 2.45) is 9.98 Å². The highest BCUT2D eigenvalue weighted by Gasteiger charge is 2.09. The van der Waals surface area contributed by atoms with E-state index in [1.807, 2.05) is 60.7 Å². The summed E-state index contributed by atoms with van der Waals surface area (Å²) in [6, 6.07) is 30.2. The van der Waals surface area contributed by atoms with E-state index in [1.165, 1.54) is 0 Å². The molecule has 0 atom stereocenters. The van der Waals surface area contributed by atoms with E-state index < -0.39 is 0 Å². The Hall–Kier alpha value is -5.20. The van der Waals surface area contributed by atoms with Crippen molar-refractivity contribution >= 4 is 23.8 Å². The monoisotopic (exact) mass is 470 g/mol. The molecule has 0 fully saturated rings. The third-order valence-corrected chi connectivity index (χ3v) is 5.48. The fourth-order valence-corrected chi connectivity index (χ4v) is 3.50. The molecule has 0 saturated heterocycles. The van der Waals surface area contributed by atoms with Crippen LogP contribution in [0.15, 0.2) is 94.9 Å². The van der Waals surface area contributed by atoms with Crippen LogP contribution in [0, 0.1) is 22.7 Å².